The van der Waals surface area contributed by atoms with Gasteiger partial charge in [-0.05, 0) is 49.4 Å². The third kappa shape index (κ3) is 4.54. The fourth-order valence-electron chi connectivity index (χ4n) is 2.61. The number of anilines is 2. The van der Waals surface area contributed by atoms with Crippen LogP contribution in [-0.2, 0) is 4.74 Å². The summed E-state index contributed by atoms with van der Waals surface area (Å²) < 4.78 is 24.0. The lowest BCUT2D eigenvalue weighted by molar-refractivity contribution is 0.0527. The third-order valence-corrected chi connectivity index (χ3v) is 4.24. The van der Waals surface area contributed by atoms with E-state index in [2.05, 4.69) is 26.2 Å². The van der Waals surface area contributed by atoms with Crippen molar-refractivity contribution in [2.45, 2.75) is 20.2 Å². The highest BCUT2D eigenvalue weighted by molar-refractivity contribution is 9.10. The summed E-state index contributed by atoms with van der Waals surface area (Å²) in [5, 5.41) is 4.02. The van der Waals surface area contributed by atoms with E-state index in [1.54, 1.807) is 31.2 Å². The van der Waals surface area contributed by atoms with Crippen LogP contribution in [0.3, 0.4) is 0 Å². The van der Waals surface area contributed by atoms with Crippen molar-refractivity contribution in [3.63, 3.8) is 0 Å². The van der Waals surface area contributed by atoms with Crippen molar-refractivity contribution < 1.29 is 18.7 Å². The predicted molar refractivity (Wildman–Crippen MR) is 106 cm³/mol. The Morgan fingerprint density at radius 2 is 2.00 bits per heavy atom. The smallest absolute Gasteiger partial charge is 0.341 e. The molecule has 0 aliphatic carbocycles. The van der Waals surface area contributed by atoms with Gasteiger partial charge in [-0.3, -0.25) is 4.98 Å². The van der Waals surface area contributed by atoms with E-state index < -0.39 is 12.3 Å². The minimum absolute atomic E-state index is 0.266. The van der Waals surface area contributed by atoms with Crippen molar-refractivity contribution in [2.24, 2.45) is 0 Å². The molecule has 140 valence electrons. The van der Waals surface area contributed by atoms with Gasteiger partial charge in [0.1, 0.15) is 11.3 Å². The number of alkyl halides is 1. The third-order valence-electron chi connectivity index (χ3n) is 3.75. The second-order valence-electron chi connectivity index (χ2n) is 5.74. The number of benzene rings is 2. The summed E-state index contributed by atoms with van der Waals surface area (Å²) in [6.07, 6.45) is 0.111. The summed E-state index contributed by atoms with van der Waals surface area (Å²) in [6, 6.07) is 12.4. The second-order valence-corrected chi connectivity index (χ2v) is 6.65. The van der Waals surface area contributed by atoms with Crippen LogP contribution in [0.1, 0.15) is 24.2 Å². The Morgan fingerprint density at radius 3 is 2.67 bits per heavy atom. The van der Waals surface area contributed by atoms with Crippen LogP contribution in [0, 0.1) is 0 Å². The van der Waals surface area contributed by atoms with Gasteiger partial charge in [-0.1, -0.05) is 15.9 Å². The molecule has 7 heteroatoms. The molecule has 0 radical (unpaired) electrons. The molecule has 0 amide bonds. The number of carbonyl (C=O) groups excluding carboxylic acids is 1. The zero-order chi connectivity index (χ0) is 19.4. The standard InChI is InChI=1S/C20H18BrFN2O3/c1-3-26-20(25)17-11-23-18-9-4-13(21)10-16(18)19(17)24-14-5-7-15(8-6-14)27-12(2)22/h4-12H,3H2,1-2H3,(H,23,24). The normalized spacial score (nSPS) is 11.9. The molecule has 0 bridgehead atoms. The first-order valence-electron chi connectivity index (χ1n) is 8.41. The minimum atomic E-state index is -1.39. The van der Waals surface area contributed by atoms with Crippen LogP contribution in [0.2, 0.25) is 0 Å². The summed E-state index contributed by atoms with van der Waals surface area (Å²) in [7, 11) is 0. The lowest BCUT2D eigenvalue weighted by Gasteiger charge is -2.15. The van der Waals surface area contributed by atoms with Gasteiger partial charge < -0.3 is 14.8 Å². The lowest BCUT2D eigenvalue weighted by Crippen LogP contribution is -2.09. The number of nitrogens with zero attached hydrogens (tertiary/aromatic N) is 1. The minimum Gasteiger partial charge on any atom is -0.462 e. The van der Waals surface area contributed by atoms with Crippen LogP contribution in [-0.4, -0.2) is 23.9 Å². The van der Waals surface area contributed by atoms with Gasteiger partial charge in [-0.25, -0.2) is 9.18 Å². The SMILES string of the molecule is CCOC(=O)c1cnc2ccc(Br)cc2c1Nc1ccc(OC(C)F)cc1. The van der Waals surface area contributed by atoms with E-state index in [1.807, 2.05) is 18.2 Å². The molecule has 0 saturated heterocycles. The van der Waals surface area contributed by atoms with Gasteiger partial charge >= 0.3 is 5.97 Å². The molecule has 0 fully saturated rings. The van der Waals surface area contributed by atoms with Gasteiger partial charge in [-0.15, -0.1) is 0 Å². The predicted octanol–water partition coefficient (Wildman–Crippen LogP) is 5.61. The molecule has 5 nitrogen and oxygen atoms in total. The van der Waals surface area contributed by atoms with Gasteiger partial charge in [0.05, 0.1) is 17.8 Å². The zero-order valence-corrected chi connectivity index (χ0v) is 16.4. The van der Waals surface area contributed by atoms with Crippen LogP contribution in [0.15, 0.2) is 53.1 Å². The molecule has 1 heterocycles. The number of hydrogen-bond acceptors (Lipinski definition) is 5. The number of aromatic nitrogens is 1. The van der Waals surface area contributed by atoms with Crippen LogP contribution in [0.25, 0.3) is 10.9 Å². The van der Waals surface area contributed by atoms with Gasteiger partial charge in [0.15, 0.2) is 0 Å². The number of pyridine rings is 1. The largest absolute Gasteiger partial charge is 0.462 e. The average Bonchev–Trinajstić information content (AvgIpc) is 2.63. The molecule has 0 aliphatic heterocycles. The monoisotopic (exact) mass is 432 g/mol. The zero-order valence-electron chi connectivity index (χ0n) is 14.8. The lowest BCUT2D eigenvalue weighted by atomic mass is 10.1. The molecule has 0 spiro atoms. The van der Waals surface area contributed by atoms with E-state index in [9.17, 15) is 9.18 Å². The Balaban J connectivity index is 2.03. The fraction of sp³-hybridized carbons (Fsp3) is 0.200. The van der Waals surface area contributed by atoms with Crippen LogP contribution >= 0.6 is 15.9 Å². The van der Waals surface area contributed by atoms with E-state index >= 15 is 0 Å². The Labute approximate surface area is 164 Å². The number of fused-ring (bicyclic) bond motifs is 1. The molecule has 1 N–H and O–H groups in total. The molecule has 2 aromatic carbocycles. The van der Waals surface area contributed by atoms with Crippen molar-refractivity contribution >= 4 is 44.2 Å². The van der Waals surface area contributed by atoms with Crippen molar-refractivity contribution in [3.05, 3.63) is 58.7 Å². The number of ether oxygens (including phenoxy) is 2. The highest BCUT2D eigenvalue weighted by atomic mass is 79.9. The average molecular weight is 433 g/mol. The van der Waals surface area contributed by atoms with Gasteiger partial charge in [0.2, 0.25) is 6.36 Å². The van der Waals surface area contributed by atoms with E-state index in [4.69, 9.17) is 9.47 Å². The molecule has 3 rings (SSSR count). The summed E-state index contributed by atoms with van der Waals surface area (Å²) >= 11 is 3.45. The van der Waals surface area contributed by atoms with Crippen molar-refractivity contribution in [1.29, 1.82) is 0 Å². The Morgan fingerprint density at radius 1 is 1.26 bits per heavy atom. The summed E-state index contributed by atoms with van der Waals surface area (Å²) in [6.45, 7) is 3.33. The Kier molecular flexibility index (Phi) is 5.91. The quantitative estimate of drug-likeness (QED) is 0.512. The maximum atomic E-state index is 13.0. The van der Waals surface area contributed by atoms with E-state index in [0.717, 1.165) is 15.4 Å². The Bertz CT molecular complexity index is 961. The Hall–Kier alpha value is -2.67. The summed E-state index contributed by atoms with van der Waals surface area (Å²) in [5.41, 5.74) is 2.37. The maximum Gasteiger partial charge on any atom is 0.341 e. The molecular weight excluding hydrogens is 415 g/mol. The molecular formula is C20H18BrFN2O3. The van der Waals surface area contributed by atoms with Gasteiger partial charge in [0, 0.05) is 28.7 Å². The maximum absolute atomic E-state index is 13.0. The molecule has 1 aromatic heterocycles. The molecule has 1 atom stereocenters. The number of nitrogens with one attached hydrogen (secondary N) is 1. The van der Waals surface area contributed by atoms with Crippen LogP contribution < -0.4 is 10.1 Å². The van der Waals surface area contributed by atoms with Crippen molar-refractivity contribution in [1.82, 2.24) is 4.98 Å². The molecule has 27 heavy (non-hydrogen) atoms. The topological polar surface area (TPSA) is 60.5 Å². The highest BCUT2D eigenvalue weighted by Gasteiger charge is 2.17. The first-order chi connectivity index (χ1) is 13.0. The number of halogens is 2. The second kappa shape index (κ2) is 8.35. The van der Waals surface area contributed by atoms with Crippen molar-refractivity contribution in [2.75, 3.05) is 11.9 Å². The van der Waals surface area contributed by atoms with Gasteiger partial charge in [0.25, 0.3) is 0 Å². The number of carbonyl (C=O) groups is 1. The molecule has 3 aromatic rings. The molecule has 0 saturated carbocycles. The number of esters is 1. The summed E-state index contributed by atoms with van der Waals surface area (Å²) in [5.74, 6) is -0.0379. The first-order valence-corrected chi connectivity index (χ1v) is 9.20. The van der Waals surface area contributed by atoms with E-state index in [0.29, 0.717) is 22.7 Å². The first kappa shape index (κ1) is 19.1. The van der Waals surface area contributed by atoms with Crippen molar-refractivity contribution in [3.8, 4) is 5.75 Å². The van der Waals surface area contributed by atoms with E-state index in [-0.39, 0.29) is 6.61 Å². The van der Waals surface area contributed by atoms with E-state index in [1.165, 1.54) is 13.1 Å². The number of hydrogen-bond donors (Lipinski definition) is 1. The van der Waals surface area contributed by atoms with Gasteiger partial charge in [-0.2, -0.15) is 0 Å². The molecule has 1 unspecified atom stereocenters. The van der Waals surface area contributed by atoms with Crippen LogP contribution in [0.4, 0.5) is 15.8 Å². The number of rotatable bonds is 6. The fourth-order valence-corrected chi connectivity index (χ4v) is 2.97. The highest BCUT2D eigenvalue weighted by Crippen LogP contribution is 2.32. The van der Waals surface area contributed by atoms with Crippen LogP contribution in [0.5, 0.6) is 5.75 Å². The molecule has 0 aliphatic rings. The summed E-state index contributed by atoms with van der Waals surface area (Å²) in [4.78, 5) is 16.7.